The van der Waals surface area contributed by atoms with Crippen molar-refractivity contribution in [1.82, 2.24) is 9.21 Å². The molecule has 0 atom stereocenters. The van der Waals surface area contributed by atoms with Crippen LogP contribution in [0.2, 0.25) is 0 Å². The molecule has 1 aromatic carbocycles. The van der Waals surface area contributed by atoms with E-state index < -0.39 is 10.0 Å². The molecule has 6 heteroatoms. The van der Waals surface area contributed by atoms with Gasteiger partial charge in [-0.3, -0.25) is 0 Å². The SMILES string of the molecule is CCN(CCCN(C)C)S(=O)(=O)c1cc(N)ccc1C. The normalized spacial score (nSPS) is 12.3. The first-order valence-electron chi connectivity index (χ1n) is 6.80. The van der Waals surface area contributed by atoms with Crippen LogP contribution in [0.5, 0.6) is 0 Å². The molecule has 0 aromatic heterocycles. The first-order valence-corrected chi connectivity index (χ1v) is 8.24. The zero-order valence-electron chi connectivity index (χ0n) is 12.8. The van der Waals surface area contributed by atoms with Crippen LogP contribution in [0.25, 0.3) is 0 Å². The Morgan fingerprint density at radius 2 is 1.85 bits per heavy atom. The fraction of sp³-hybridized carbons (Fsp3) is 0.571. The van der Waals surface area contributed by atoms with E-state index in [0.717, 1.165) is 18.5 Å². The zero-order chi connectivity index (χ0) is 15.3. The largest absolute Gasteiger partial charge is 0.399 e. The molecule has 114 valence electrons. The second kappa shape index (κ2) is 7.06. The Labute approximate surface area is 122 Å². The van der Waals surface area contributed by atoms with Crippen molar-refractivity contribution in [3.63, 3.8) is 0 Å². The molecule has 1 rings (SSSR count). The Kier molecular flexibility index (Phi) is 5.98. The van der Waals surface area contributed by atoms with Crippen molar-refractivity contribution in [1.29, 1.82) is 0 Å². The highest BCUT2D eigenvalue weighted by Gasteiger charge is 2.24. The molecule has 0 heterocycles. The van der Waals surface area contributed by atoms with Crippen LogP contribution in [-0.2, 0) is 10.0 Å². The number of hydrogen-bond acceptors (Lipinski definition) is 4. The second-order valence-electron chi connectivity index (χ2n) is 5.18. The van der Waals surface area contributed by atoms with Crippen LogP contribution >= 0.6 is 0 Å². The van der Waals surface area contributed by atoms with E-state index in [4.69, 9.17) is 5.73 Å². The summed E-state index contributed by atoms with van der Waals surface area (Å²) in [6.07, 6.45) is 0.807. The van der Waals surface area contributed by atoms with Gasteiger partial charge in [0.15, 0.2) is 0 Å². The zero-order valence-corrected chi connectivity index (χ0v) is 13.6. The summed E-state index contributed by atoms with van der Waals surface area (Å²) < 4.78 is 26.9. The van der Waals surface area contributed by atoms with Gasteiger partial charge in [0.2, 0.25) is 10.0 Å². The molecule has 0 saturated heterocycles. The lowest BCUT2D eigenvalue weighted by Gasteiger charge is -2.22. The summed E-state index contributed by atoms with van der Waals surface area (Å²) in [4.78, 5) is 2.36. The second-order valence-corrected chi connectivity index (χ2v) is 7.08. The average Bonchev–Trinajstić information content (AvgIpc) is 2.36. The van der Waals surface area contributed by atoms with Crippen molar-refractivity contribution < 1.29 is 8.42 Å². The van der Waals surface area contributed by atoms with Crippen molar-refractivity contribution in [2.75, 3.05) is 39.5 Å². The van der Waals surface area contributed by atoms with Gasteiger partial charge in [-0.25, -0.2) is 8.42 Å². The van der Waals surface area contributed by atoms with E-state index >= 15 is 0 Å². The highest BCUT2D eigenvalue weighted by Crippen LogP contribution is 2.22. The predicted octanol–water partition coefficient (Wildman–Crippen LogP) is 1.54. The number of sulfonamides is 1. The fourth-order valence-corrected chi connectivity index (χ4v) is 3.79. The van der Waals surface area contributed by atoms with Gasteiger partial charge in [-0.15, -0.1) is 0 Å². The molecular weight excluding hydrogens is 274 g/mol. The van der Waals surface area contributed by atoms with Crippen LogP contribution in [0.1, 0.15) is 18.9 Å². The molecule has 20 heavy (non-hydrogen) atoms. The van der Waals surface area contributed by atoms with Crippen LogP contribution in [0.15, 0.2) is 23.1 Å². The molecule has 5 nitrogen and oxygen atoms in total. The molecule has 0 unspecified atom stereocenters. The molecule has 0 aliphatic heterocycles. The van der Waals surface area contributed by atoms with E-state index in [1.807, 2.05) is 25.9 Å². The van der Waals surface area contributed by atoms with Crippen LogP contribution in [0.3, 0.4) is 0 Å². The summed E-state index contributed by atoms with van der Waals surface area (Å²) in [5.74, 6) is 0. The van der Waals surface area contributed by atoms with E-state index in [9.17, 15) is 8.42 Å². The van der Waals surface area contributed by atoms with E-state index in [-0.39, 0.29) is 0 Å². The molecule has 0 bridgehead atoms. The van der Waals surface area contributed by atoms with E-state index in [1.165, 1.54) is 4.31 Å². The summed E-state index contributed by atoms with van der Waals surface area (Å²) in [7, 11) is 0.491. The highest BCUT2D eigenvalue weighted by molar-refractivity contribution is 7.89. The summed E-state index contributed by atoms with van der Waals surface area (Å²) in [6, 6.07) is 5.01. The maximum Gasteiger partial charge on any atom is 0.243 e. The Bertz CT molecular complexity index is 541. The molecule has 0 fully saturated rings. The van der Waals surface area contributed by atoms with Gasteiger partial charge in [0.05, 0.1) is 4.90 Å². The van der Waals surface area contributed by atoms with Crippen molar-refractivity contribution in [2.45, 2.75) is 25.2 Å². The Morgan fingerprint density at radius 1 is 1.20 bits per heavy atom. The average molecular weight is 299 g/mol. The lowest BCUT2D eigenvalue weighted by atomic mass is 10.2. The molecule has 0 amide bonds. The number of nitrogens with zero attached hydrogens (tertiary/aromatic N) is 2. The highest BCUT2D eigenvalue weighted by atomic mass is 32.2. The number of nitrogens with two attached hydrogens (primary N) is 1. The molecule has 0 spiro atoms. The maximum absolute atomic E-state index is 12.7. The van der Waals surface area contributed by atoms with Crippen LogP contribution in [0, 0.1) is 6.92 Å². The summed E-state index contributed by atoms with van der Waals surface area (Å²) in [5.41, 5.74) is 6.91. The van der Waals surface area contributed by atoms with Gasteiger partial charge < -0.3 is 10.6 Å². The van der Waals surface area contributed by atoms with E-state index in [0.29, 0.717) is 23.7 Å². The maximum atomic E-state index is 12.7. The smallest absolute Gasteiger partial charge is 0.243 e. The third-order valence-electron chi connectivity index (χ3n) is 3.20. The van der Waals surface area contributed by atoms with Crippen molar-refractivity contribution >= 4 is 15.7 Å². The van der Waals surface area contributed by atoms with Gasteiger partial charge in [-0.2, -0.15) is 4.31 Å². The molecule has 2 N–H and O–H groups in total. The standard InChI is InChI=1S/C14H25N3O2S/c1-5-17(10-6-9-16(3)4)20(18,19)14-11-13(15)8-7-12(14)2/h7-8,11H,5-6,9-10,15H2,1-4H3. The van der Waals surface area contributed by atoms with Crippen molar-refractivity contribution in [3.8, 4) is 0 Å². The molecule has 0 saturated carbocycles. The van der Waals surface area contributed by atoms with Crippen LogP contribution < -0.4 is 5.73 Å². The van der Waals surface area contributed by atoms with Gasteiger partial charge in [0.1, 0.15) is 0 Å². The summed E-state index contributed by atoms with van der Waals surface area (Å²) in [6.45, 7) is 5.49. The predicted molar refractivity (Wildman–Crippen MR) is 83.2 cm³/mol. The van der Waals surface area contributed by atoms with Crippen molar-refractivity contribution in [3.05, 3.63) is 23.8 Å². The molecule has 0 aliphatic rings. The number of nitrogen functional groups attached to an aromatic ring is 1. The van der Waals surface area contributed by atoms with E-state index in [1.54, 1.807) is 25.1 Å². The Hall–Kier alpha value is -1.11. The van der Waals surface area contributed by atoms with Crippen LogP contribution in [-0.4, -0.2) is 51.4 Å². The van der Waals surface area contributed by atoms with Gasteiger partial charge in [0.25, 0.3) is 0 Å². The van der Waals surface area contributed by atoms with Crippen LogP contribution in [0.4, 0.5) is 5.69 Å². The Balaban J connectivity index is 2.97. The number of rotatable bonds is 7. The lowest BCUT2D eigenvalue weighted by molar-refractivity contribution is 0.356. The van der Waals surface area contributed by atoms with Gasteiger partial charge in [0, 0.05) is 18.8 Å². The fourth-order valence-electron chi connectivity index (χ4n) is 2.05. The molecule has 0 radical (unpaired) electrons. The summed E-state index contributed by atoms with van der Waals surface area (Å²) >= 11 is 0. The monoisotopic (exact) mass is 299 g/mol. The summed E-state index contributed by atoms with van der Waals surface area (Å²) in [5, 5.41) is 0. The third kappa shape index (κ3) is 4.19. The minimum absolute atomic E-state index is 0.309. The number of aryl methyl sites for hydroxylation is 1. The first kappa shape index (κ1) is 16.9. The minimum atomic E-state index is -3.47. The number of hydrogen-bond donors (Lipinski definition) is 1. The van der Waals surface area contributed by atoms with Gasteiger partial charge >= 0.3 is 0 Å². The van der Waals surface area contributed by atoms with Gasteiger partial charge in [-0.05, 0) is 51.7 Å². The lowest BCUT2D eigenvalue weighted by Crippen LogP contribution is -2.33. The molecule has 0 aliphatic carbocycles. The number of anilines is 1. The molecular formula is C14H25N3O2S. The first-order chi connectivity index (χ1) is 9.28. The topological polar surface area (TPSA) is 66.6 Å². The minimum Gasteiger partial charge on any atom is -0.399 e. The quantitative estimate of drug-likeness (QED) is 0.776. The molecule has 1 aromatic rings. The third-order valence-corrected chi connectivity index (χ3v) is 5.31. The van der Waals surface area contributed by atoms with E-state index in [2.05, 4.69) is 0 Å². The Morgan fingerprint density at radius 3 is 2.40 bits per heavy atom. The van der Waals surface area contributed by atoms with Gasteiger partial charge in [-0.1, -0.05) is 13.0 Å². The number of benzene rings is 1. The van der Waals surface area contributed by atoms with Crippen molar-refractivity contribution in [2.24, 2.45) is 0 Å².